The van der Waals surface area contributed by atoms with Crippen molar-refractivity contribution >= 4 is 11.8 Å². The summed E-state index contributed by atoms with van der Waals surface area (Å²) < 4.78 is 10.9. The molecule has 3 nitrogen and oxygen atoms in total. The Morgan fingerprint density at radius 2 is 1.89 bits per heavy atom. The lowest BCUT2D eigenvalue weighted by molar-refractivity contribution is 0.389. The Balaban J connectivity index is 3.06. The molecule has 0 bridgehead atoms. The Labute approximate surface area is 114 Å². The number of hydrogen-bond donors (Lipinski definition) is 1. The largest absolute Gasteiger partial charge is 0.496 e. The van der Waals surface area contributed by atoms with Gasteiger partial charge in [-0.1, -0.05) is 6.92 Å². The molecule has 0 amide bonds. The molecular weight excluding hydrogens is 247 g/mol. The second-order valence-corrected chi connectivity index (χ2v) is 5.48. The summed E-state index contributed by atoms with van der Waals surface area (Å²) in [5, 5.41) is 0. The van der Waals surface area contributed by atoms with E-state index in [-0.39, 0.29) is 6.04 Å². The van der Waals surface area contributed by atoms with Gasteiger partial charge in [0.1, 0.15) is 11.5 Å². The second-order valence-electron chi connectivity index (χ2n) is 4.34. The van der Waals surface area contributed by atoms with Crippen molar-refractivity contribution in [3.05, 3.63) is 17.7 Å². The predicted molar refractivity (Wildman–Crippen MR) is 77.9 cm³/mol. The smallest absolute Gasteiger partial charge is 0.132 e. The van der Waals surface area contributed by atoms with Crippen molar-refractivity contribution in [3.8, 4) is 11.5 Å². The van der Waals surface area contributed by atoms with E-state index in [9.17, 15) is 0 Å². The third-order valence-electron chi connectivity index (χ3n) is 2.57. The third kappa shape index (κ3) is 4.10. The van der Waals surface area contributed by atoms with Crippen LogP contribution in [-0.2, 0) is 6.42 Å². The molecule has 0 heterocycles. The van der Waals surface area contributed by atoms with E-state index in [2.05, 4.69) is 13.0 Å². The van der Waals surface area contributed by atoms with Crippen LogP contribution in [0.3, 0.4) is 0 Å². The van der Waals surface area contributed by atoms with E-state index in [1.165, 1.54) is 0 Å². The lowest BCUT2D eigenvalue weighted by Gasteiger charge is -2.15. The molecule has 0 aromatic heterocycles. The Bertz CT molecular complexity index is 380. The van der Waals surface area contributed by atoms with Crippen LogP contribution in [0.15, 0.2) is 17.0 Å². The van der Waals surface area contributed by atoms with Gasteiger partial charge >= 0.3 is 0 Å². The van der Waals surface area contributed by atoms with Crippen LogP contribution in [0.1, 0.15) is 25.8 Å². The van der Waals surface area contributed by atoms with Crippen molar-refractivity contribution in [1.82, 2.24) is 0 Å². The standard InChI is InChI=1S/C14H23NO2S/c1-5-6-18-14-9-12(16-3)11(7-10(2)15)8-13(14)17-4/h8-10H,5-7,15H2,1-4H3/i8+1. The highest BCUT2D eigenvalue weighted by Gasteiger charge is 2.12. The monoisotopic (exact) mass is 270 g/mol. The minimum Gasteiger partial charge on any atom is -0.496 e. The second kappa shape index (κ2) is 7.54. The molecule has 1 aromatic carbocycles. The summed E-state index contributed by atoms with van der Waals surface area (Å²) in [5.74, 6) is 2.88. The maximum absolute atomic E-state index is 5.86. The molecule has 0 aliphatic carbocycles. The van der Waals surface area contributed by atoms with E-state index in [1.54, 1.807) is 26.0 Å². The lowest BCUT2D eigenvalue weighted by Crippen LogP contribution is -2.18. The Morgan fingerprint density at radius 3 is 2.39 bits per heavy atom. The predicted octanol–water partition coefficient (Wildman–Crippen LogP) is 3.10. The Hall–Kier alpha value is -0.870. The topological polar surface area (TPSA) is 44.5 Å². The van der Waals surface area contributed by atoms with Crippen molar-refractivity contribution < 1.29 is 9.47 Å². The maximum Gasteiger partial charge on any atom is 0.132 e. The SMILES string of the molecule is CCCSc1cc(OC)c(CC(C)N)[13cH]c1OC. The number of benzene rings is 1. The van der Waals surface area contributed by atoms with Crippen LogP contribution >= 0.6 is 11.8 Å². The maximum atomic E-state index is 5.86. The molecule has 4 heteroatoms. The fourth-order valence-electron chi connectivity index (χ4n) is 1.76. The first kappa shape index (κ1) is 15.2. The van der Waals surface area contributed by atoms with E-state index >= 15 is 0 Å². The molecule has 1 aromatic rings. The molecule has 0 radical (unpaired) electrons. The zero-order chi connectivity index (χ0) is 13.5. The molecule has 102 valence electrons. The molecular formula is C14H23NO2S. The molecule has 1 atom stereocenters. The van der Waals surface area contributed by atoms with Crippen molar-refractivity contribution in [2.24, 2.45) is 5.73 Å². The van der Waals surface area contributed by atoms with Crippen LogP contribution < -0.4 is 15.2 Å². The normalized spacial score (nSPS) is 12.3. The fourth-order valence-corrected chi connectivity index (χ4v) is 2.66. The fraction of sp³-hybridized carbons (Fsp3) is 0.571. The van der Waals surface area contributed by atoms with Crippen LogP contribution in [0, 0.1) is 0 Å². The summed E-state index contributed by atoms with van der Waals surface area (Å²) in [5.41, 5.74) is 6.96. The number of hydrogen-bond acceptors (Lipinski definition) is 4. The van der Waals surface area contributed by atoms with Crippen LogP contribution in [-0.4, -0.2) is 26.0 Å². The molecule has 1 unspecified atom stereocenters. The van der Waals surface area contributed by atoms with Gasteiger partial charge in [-0.2, -0.15) is 0 Å². The zero-order valence-corrected chi connectivity index (χ0v) is 12.5. The van der Waals surface area contributed by atoms with Gasteiger partial charge in [-0.05, 0) is 43.2 Å². The van der Waals surface area contributed by atoms with Gasteiger partial charge in [-0.15, -0.1) is 11.8 Å². The Morgan fingerprint density at radius 1 is 1.22 bits per heavy atom. The molecule has 2 N–H and O–H groups in total. The average Bonchev–Trinajstić information content (AvgIpc) is 2.35. The zero-order valence-electron chi connectivity index (χ0n) is 11.7. The molecule has 18 heavy (non-hydrogen) atoms. The Kier molecular flexibility index (Phi) is 6.36. The highest BCUT2D eigenvalue weighted by Crippen LogP contribution is 2.36. The van der Waals surface area contributed by atoms with E-state index < -0.39 is 0 Å². The third-order valence-corrected chi connectivity index (χ3v) is 3.81. The van der Waals surface area contributed by atoms with Gasteiger partial charge in [-0.3, -0.25) is 0 Å². The van der Waals surface area contributed by atoms with Crippen LogP contribution in [0.2, 0.25) is 0 Å². The van der Waals surface area contributed by atoms with Crippen molar-refractivity contribution in [2.75, 3.05) is 20.0 Å². The first-order valence-corrected chi connectivity index (χ1v) is 7.24. The lowest BCUT2D eigenvalue weighted by atomic mass is 10.1. The van der Waals surface area contributed by atoms with Gasteiger partial charge in [0.15, 0.2) is 0 Å². The summed E-state index contributed by atoms with van der Waals surface area (Å²) in [7, 11) is 3.40. The summed E-state index contributed by atoms with van der Waals surface area (Å²) >= 11 is 1.79. The van der Waals surface area contributed by atoms with Crippen molar-refractivity contribution in [1.29, 1.82) is 0 Å². The first-order chi connectivity index (χ1) is 8.62. The number of methoxy groups -OCH3 is 2. The van der Waals surface area contributed by atoms with Crippen LogP contribution in [0.5, 0.6) is 11.5 Å². The minimum atomic E-state index is 0.109. The molecule has 0 saturated carbocycles. The molecule has 0 spiro atoms. The number of rotatable bonds is 7. The van der Waals surface area contributed by atoms with E-state index in [4.69, 9.17) is 15.2 Å². The average molecular weight is 270 g/mol. The number of thioether (sulfide) groups is 1. The number of nitrogens with two attached hydrogens (primary N) is 1. The van der Waals surface area contributed by atoms with Gasteiger partial charge in [-0.25, -0.2) is 0 Å². The van der Waals surface area contributed by atoms with Crippen molar-refractivity contribution in [3.63, 3.8) is 0 Å². The molecule has 0 saturated heterocycles. The van der Waals surface area contributed by atoms with Gasteiger partial charge in [0.25, 0.3) is 0 Å². The van der Waals surface area contributed by atoms with Crippen LogP contribution in [0.4, 0.5) is 0 Å². The first-order valence-electron chi connectivity index (χ1n) is 6.25. The molecule has 0 aliphatic rings. The summed E-state index contributed by atoms with van der Waals surface area (Å²) in [6.45, 7) is 4.16. The van der Waals surface area contributed by atoms with E-state index in [0.29, 0.717) is 0 Å². The molecule has 1 rings (SSSR count). The van der Waals surface area contributed by atoms with Gasteiger partial charge in [0, 0.05) is 6.04 Å². The van der Waals surface area contributed by atoms with Gasteiger partial charge in [0.05, 0.1) is 19.1 Å². The summed E-state index contributed by atoms with van der Waals surface area (Å²) in [6.07, 6.45) is 1.93. The summed E-state index contributed by atoms with van der Waals surface area (Å²) in [4.78, 5) is 1.13. The van der Waals surface area contributed by atoms with Crippen LogP contribution in [0.25, 0.3) is 0 Å². The molecule has 0 aliphatic heterocycles. The van der Waals surface area contributed by atoms with Crippen molar-refractivity contribution in [2.45, 2.75) is 37.6 Å². The summed E-state index contributed by atoms with van der Waals surface area (Å²) in [6, 6.07) is 4.20. The van der Waals surface area contributed by atoms with E-state index in [1.807, 2.05) is 13.0 Å². The molecule has 0 fully saturated rings. The number of ether oxygens (including phenoxy) is 2. The highest BCUT2D eigenvalue weighted by atomic mass is 32.2. The highest BCUT2D eigenvalue weighted by molar-refractivity contribution is 7.99. The van der Waals surface area contributed by atoms with Gasteiger partial charge in [0.2, 0.25) is 0 Å². The van der Waals surface area contributed by atoms with E-state index in [0.717, 1.165) is 40.6 Å². The van der Waals surface area contributed by atoms with Gasteiger partial charge < -0.3 is 15.2 Å². The minimum absolute atomic E-state index is 0.109. The quantitative estimate of drug-likeness (QED) is 0.773.